The van der Waals surface area contributed by atoms with Crippen LogP contribution in [0.2, 0.25) is 5.02 Å². The first-order valence-corrected chi connectivity index (χ1v) is 6.34. The van der Waals surface area contributed by atoms with Crippen LogP contribution in [0.4, 0.5) is 0 Å². The van der Waals surface area contributed by atoms with Gasteiger partial charge in [0.15, 0.2) is 0 Å². The van der Waals surface area contributed by atoms with Gasteiger partial charge in [-0.1, -0.05) is 29.9 Å². The summed E-state index contributed by atoms with van der Waals surface area (Å²) in [6, 6.07) is 7.00. The number of rotatable bonds is 3. The standard InChI is InChI=1S/C13H12ClN3OS/c1-7-8(2)16-17-13(11(7)12(15)19)18-10-5-3-4-9(14)6-10/h3-6H,1-2H3,(H2,15,19). The second kappa shape index (κ2) is 5.50. The third kappa shape index (κ3) is 3.00. The third-order valence-electron chi connectivity index (χ3n) is 2.68. The van der Waals surface area contributed by atoms with Gasteiger partial charge in [0.1, 0.15) is 10.7 Å². The molecule has 0 atom stereocenters. The summed E-state index contributed by atoms with van der Waals surface area (Å²) in [5.41, 5.74) is 7.95. The second-order valence-corrected chi connectivity index (χ2v) is 4.89. The van der Waals surface area contributed by atoms with Crippen molar-refractivity contribution in [2.24, 2.45) is 5.73 Å². The molecule has 0 bridgehead atoms. The van der Waals surface area contributed by atoms with Gasteiger partial charge in [0.2, 0.25) is 5.88 Å². The zero-order valence-electron chi connectivity index (χ0n) is 10.5. The minimum Gasteiger partial charge on any atom is -0.437 e. The molecule has 0 spiro atoms. The quantitative estimate of drug-likeness (QED) is 0.881. The molecule has 0 saturated carbocycles. The second-order valence-electron chi connectivity index (χ2n) is 4.01. The topological polar surface area (TPSA) is 61.0 Å². The number of thiocarbonyl (C=S) groups is 1. The molecule has 0 amide bonds. The van der Waals surface area contributed by atoms with Crippen LogP contribution in [0.3, 0.4) is 0 Å². The molecule has 0 aliphatic carbocycles. The molecule has 19 heavy (non-hydrogen) atoms. The Morgan fingerprint density at radius 3 is 2.68 bits per heavy atom. The summed E-state index contributed by atoms with van der Waals surface area (Å²) in [6.45, 7) is 3.72. The molecule has 1 aromatic carbocycles. The fraction of sp³-hybridized carbons (Fsp3) is 0.154. The Hall–Kier alpha value is -1.72. The van der Waals surface area contributed by atoms with E-state index in [1.807, 2.05) is 13.8 Å². The van der Waals surface area contributed by atoms with Crippen molar-refractivity contribution in [2.75, 3.05) is 0 Å². The number of halogens is 1. The number of aryl methyl sites for hydroxylation is 1. The normalized spacial score (nSPS) is 10.3. The van der Waals surface area contributed by atoms with Crippen LogP contribution in [0.15, 0.2) is 24.3 Å². The summed E-state index contributed by atoms with van der Waals surface area (Å²) in [4.78, 5) is 0.229. The number of ether oxygens (including phenoxy) is 1. The predicted octanol–water partition coefficient (Wildman–Crippen LogP) is 3.17. The molecule has 98 valence electrons. The van der Waals surface area contributed by atoms with Crippen LogP contribution in [-0.4, -0.2) is 15.2 Å². The number of nitrogens with two attached hydrogens (primary N) is 1. The smallest absolute Gasteiger partial charge is 0.249 e. The number of aromatic nitrogens is 2. The van der Waals surface area contributed by atoms with Crippen molar-refractivity contribution in [3.05, 3.63) is 46.1 Å². The highest BCUT2D eigenvalue weighted by Gasteiger charge is 2.15. The van der Waals surface area contributed by atoms with Gasteiger partial charge in [-0.3, -0.25) is 0 Å². The molecule has 0 aliphatic heterocycles. The zero-order chi connectivity index (χ0) is 14.0. The average molecular weight is 294 g/mol. The first-order valence-electron chi connectivity index (χ1n) is 5.56. The molecule has 0 fully saturated rings. The first-order chi connectivity index (χ1) is 8.99. The Morgan fingerprint density at radius 2 is 2.05 bits per heavy atom. The fourth-order valence-corrected chi connectivity index (χ4v) is 2.01. The molecule has 1 heterocycles. The van der Waals surface area contributed by atoms with Crippen LogP contribution in [0.25, 0.3) is 0 Å². The van der Waals surface area contributed by atoms with Crippen molar-refractivity contribution in [3.8, 4) is 11.6 Å². The van der Waals surface area contributed by atoms with Crippen LogP contribution < -0.4 is 10.5 Å². The lowest BCUT2D eigenvalue weighted by molar-refractivity contribution is 0.452. The van der Waals surface area contributed by atoms with Crippen LogP contribution in [-0.2, 0) is 0 Å². The number of hydrogen-bond acceptors (Lipinski definition) is 4. The van der Waals surface area contributed by atoms with E-state index in [4.69, 9.17) is 34.3 Å². The first kappa shape index (κ1) is 13.7. The average Bonchev–Trinajstić information content (AvgIpc) is 2.33. The maximum atomic E-state index is 5.90. The van der Waals surface area contributed by atoms with Crippen molar-refractivity contribution in [3.63, 3.8) is 0 Å². The third-order valence-corrected chi connectivity index (χ3v) is 3.12. The summed E-state index contributed by atoms with van der Waals surface area (Å²) in [5.74, 6) is 0.848. The Balaban J connectivity index is 2.46. The zero-order valence-corrected chi connectivity index (χ0v) is 12.0. The summed E-state index contributed by atoms with van der Waals surface area (Å²) in [5, 5.41) is 8.59. The minimum absolute atomic E-state index is 0.229. The lowest BCUT2D eigenvalue weighted by Gasteiger charge is -2.12. The van der Waals surface area contributed by atoms with Gasteiger partial charge >= 0.3 is 0 Å². The fourth-order valence-electron chi connectivity index (χ4n) is 1.59. The van der Waals surface area contributed by atoms with Crippen molar-refractivity contribution in [1.29, 1.82) is 0 Å². The maximum absolute atomic E-state index is 5.90. The van der Waals surface area contributed by atoms with Crippen LogP contribution in [0.5, 0.6) is 11.6 Å². The molecule has 2 aromatic rings. The molecule has 6 heteroatoms. The molecular formula is C13H12ClN3OS. The maximum Gasteiger partial charge on any atom is 0.249 e. The summed E-state index contributed by atoms with van der Waals surface area (Å²) in [7, 11) is 0. The van der Waals surface area contributed by atoms with Crippen molar-refractivity contribution >= 4 is 28.8 Å². The largest absolute Gasteiger partial charge is 0.437 e. The Kier molecular flexibility index (Phi) is 3.97. The number of nitrogens with zero attached hydrogens (tertiary/aromatic N) is 2. The van der Waals surface area contributed by atoms with Crippen LogP contribution in [0, 0.1) is 13.8 Å². The highest BCUT2D eigenvalue weighted by molar-refractivity contribution is 7.80. The van der Waals surface area contributed by atoms with Crippen LogP contribution in [0.1, 0.15) is 16.8 Å². The predicted molar refractivity (Wildman–Crippen MR) is 78.9 cm³/mol. The molecule has 0 unspecified atom stereocenters. The van der Waals surface area contributed by atoms with E-state index in [1.54, 1.807) is 24.3 Å². The van der Waals surface area contributed by atoms with E-state index < -0.39 is 0 Å². The van der Waals surface area contributed by atoms with Crippen molar-refractivity contribution in [1.82, 2.24) is 10.2 Å². The van der Waals surface area contributed by atoms with Gasteiger partial charge in [-0.2, -0.15) is 5.10 Å². The molecule has 2 N–H and O–H groups in total. The van der Waals surface area contributed by atoms with Crippen molar-refractivity contribution in [2.45, 2.75) is 13.8 Å². The van der Waals surface area contributed by atoms with E-state index in [0.717, 1.165) is 11.3 Å². The SMILES string of the molecule is Cc1nnc(Oc2cccc(Cl)c2)c(C(N)=S)c1C. The summed E-state index contributed by atoms with van der Waals surface area (Å²) >= 11 is 10.9. The van der Waals surface area contributed by atoms with Gasteiger partial charge in [-0.15, -0.1) is 5.10 Å². The molecule has 0 saturated heterocycles. The van der Waals surface area contributed by atoms with E-state index in [2.05, 4.69) is 10.2 Å². The highest BCUT2D eigenvalue weighted by Crippen LogP contribution is 2.27. The van der Waals surface area contributed by atoms with Crippen LogP contribution >= 0.6 is 23.8 Å². The number of hydrogen-bond donors (Lipinski definition) is 1. The Bertz CT molecular complexity index is 646. The van der Waals surface area contributed by atoms with Gasteiger partial charge in [0.05, 0.1) is 11.3 Å². The molecule has 0 aliphatic rings. The Labute approximate surface area is 121 Å². The molecule has 0 radical (unpaired) electrons. The van der Waals surface area contributed by atoms with Gasteiger partial charge in [0, 0.05) is 5.02 Å². The van der Waals surface area contributed by atoms with E-state index in [0.29, 0.717) is 16.3 Å². The van der Waals surface area contributed by atoms with E-state index in [9.17, 15) is 0 Å². The molecule has 4 nitrogen and oxygen atoms in total. The lowest BCUT2D eigenvalue weighted by Crippen LogP contribution is -2.15. The number of benzene rings is 1. The minimum atomic E-state index is 0.229. The molecular weight excluding hydrogens is 282 g/mol. The van der Waals surface area contributed by atoms with Crippen molar-refractivity contribution < 1.29 is 4.74 Å². The highest BCUT2D eigenvalue weighted by atomic mass is 35.5. The molecule has 2 rings (SSSR count). The van der Waals surface area contributed by atoms with E-state index in [-0.39, 0.29) is 10.9 Å². The van der Waals surface area contributed by atoms with Gasteiger partial charge < -0.3 is 10.5 Å². The van der Waals surface area contributed by atoms with E-state index >= 15 is 0 Å². The molecule has 1 aromatic heterocycles. The summed E-state index contributed by atoms with van der Waals surface area (Å²) in [6.07, 6.45) is 0. The monoisotopic (exact) mass is 293 g/mol. The lowest BCUT2D eigenvalue weighted by atomic mass is 10.1. The van der Waals surface area contributed by atoms with Gasteiger partial charge in [0.25, 0.3) is 0 Å². The van der Waals surface area contributed by atoms with Gasteiger partial charge in [-0.25, -0.2) is 0 Å². The Morgan fingerprint density at radius 1 is 1.32 bits per heavy atom. The van der Waals surface area contributed by atoms with Gasteiger partial charge in [-0.05, 0) is 37.6 Å². The van der Waals surface area contributed by atoms with E-state index in [1.165, 1.54) is 0 Å². The summed E-state index contributed by atoms with van der Waals surface area (Å²) < 4.78 is 5.66.